The molecule has 0 amide bonds. The van der Waals surface area contributed by atoms with E-state index in [9.17, 15) is 62.3 Å². The van der Waals surface area contributed by atoms with E-state index in [4.69, 9.17) is 30.0 Å². The van der Waals surface area contributed by atoms with Crippen LogP contribution in [-0.4, -0.2) is 120 Å². The van der Waals surface area contributed by atoms with Crippen molar-refractivity contribution < 1.29 is 87.0 Å². The molecule has 8 rings (SSSR count). The predicted octanol–water partition coefficient (Wildman–Crippen LogP) is 8.82. The third-order valence-corrected chi connectivity index (χ3v) is 16.6. The number of thiazole rings is 1. The van der Waals surface area contributed by atoms with Gasteiger partial charge in [0.1, 0.15) is 33.5 Å². The molecule has 5 aromatic carbocycles. The average molecular weight is 1300 g/mol. The first-order valence-electron chi connectivity index (χ1n) is 22.8. The van der Waals surface area contributed by atoms with Crippen molar-refractivity contribution in [3.63, 3.8) is 0 Å². The normalized spacial score (nSPS) is 12.3. The van der Waals surface area contributed by atoms with Crippen molar-refractivity contribution in [1.29, 1.82) is 5.26 Å². The monoisotopic (exact) mass is 1300 g/mol. The van der Waals surface area contributed by atoms with Crippen LogP contribution in [0.5, 0.6) is 11.6 Å². The van der Waals surface area contributed by atoms with Gasteiger partial charge >= 0.3 is 21.2 Å². The van der Waals surface area contributed by atoms with E-state index in [1.165, 1.54) is 16.5 Å². The lowest BCUT2D eigenvalue weighted by Gasteiger charge is -2.12. The summed E-state index contributed by atoms with van der Waals surface area (Å²) in [5.74, 6) is -1.30. The third kappa shape index (κ3) is 17.0. The number of ether oxygens (including phenoxy) is 1. The summed E-state index contributed by atoms with van der Waals surface area (Å²) in [6.07, 6.45) is -0.106. The number of hydrogen-bond donors (Lipinski definition) is 5. The van der Waals surface area contributed by atoms with Gasteiger partial charge in [0, 0.05) is 21.9 Å². The Bertz CT molecular complexity index is 4760. The molecule has 0 saturated heterocycles. The van der Waals surface area contributed by atoms with E-state index in [1.54, 1.807) is 45.0 Å². The molecule has 3 aromatic heterocycles. The minimum atomic E-state index is -4.86. The Kier molecular flexibility index (Phi) is 20.4. The molecule has 0 radical (unpaired) electrons. The first-order chi connectivity index (χ1) is 38.6. The van der Waals surface area contributed by atoms with Gasteiger partial charge in [0.25, 0.3) is 40.5 Å². The van der Waals surface area contributed by atoms with Crippen molar-refractivity contribution in [2.45, 2.75) is 55.2 Å². The summed E-state index contributed by atoms with van der Waals surface area (Å²) in [6.45, 7) is 6.58. The molecular weight excluding hydrogens is 1260 g/mol. The van der Waals surface area contributed by atoms with E-state index < -0.39 is 83.0 Å². The molecule has 0 bridgehead atoms. The molecule has 0 saturated carbocycles. The Hall–Kier alpha value is -7.68. The minimum absolute atomic E-state index is 0.0227. The summed E-state index contributed by atoms with van der Waals surface area (Å²) in [7, 11) is -24.4. The van der Waals surface area contributed by atoms with E-state index in [2.05, 4.69) is 46.7 Å². The van der Waals surface area contributed by atoms with Gasteiger partial charge in [-0.3, -0.25) is 22.6 Å². The summed E-state index contributed by atoms with van der Waals surface area (Å²) in [5.41, 5.74) is 4.10. The summed E-state index contributed by atoms with van der Waals surface area (Å²) in [5, 5.41) is 48.3. The highest BCUT2D eigenvalue weighted by molar-refractivity contribution is 7.99. The molecule has 38 heteroatoms. The molecule has 3 heterocycles. The van der Waals surface area contributed by atoms with Crippen LogP contribution < -0.4 is 4.74 Å². The first-order valence-corrected chi connectivity index (χ1v) is 32.7. The molecular formula is C45H40N10O20S8. The Morgan fingerprint density at radius 3 is 1.89 bits per heavy atom. The zero-order valence-electron chi connectivity index (χ0n) is 42.7. The summed E-state index contributed by atoms with van der Waals surface area (Å²) < 4.78 is 191. The van der Waals surface area contributed by atoms with Crippen molar-refractivity contribution in [1.82, 2.24) is 14.4 Å². The van der Waals surface area contributed by atoms with Gasteiger partial charge in [0.05, 0.1) is 55.8 Å². The van der Waals surface area contributed by atoms with Crippen LogP contribution in [0.2, 0.25) is 0 Å². The number of azo groups is 3. The summed E-state index contributed by atoms with van der Waals surface area (Å²) in [6, 6.07) is 18.2. The van der Waals surface area contributed by atoms with Crippen LogP contribution in [0.4, 0.5) is 33.6 Å². The Labute approximate surface area is 481 Å². The molecule has 5 N–H and O–H groups in total. The van der Waals surface area contributed by atoms with Crippen LogP contribution in [-0.2, 0) is 61.7 Å². The Morgan fingerprint density at radius 2 is 1.28 bits per heavy atom. The number of nitrogens with zero attached hydrogens (tertiary/aromatic N) is 10. The van der Waals surface area contributed by atoms with E-state index in [1.807, 2.05) is 19.1 Å². The van der Waals surface area contributed by atoms with Gasteiger partial charge in [-0.05, 0) is 117 Å². The van der Waals surface area contributed by atoms with Gasteiger partial charge < -0.3 is 9.84 Å². The molecule has 0 atom stereocenters. The van der Waals surface area contributed by atoms with Gasteiger partial charge in [-0.2, -0.15) is 44.0 Å². The lowest BCUT2D eigenvalue weighted by Crippen LogP contribution is -2.08. The maximum absolute atomic E-state index is 12.4. The number of fused-ring (bicyclic) bond motifs is 6. The van der Waals surface area contributed by atoms with Gasteiger partial charge in [0.15, 0.2) is 11.3 Å². The highest BCUT2D eigenvalue weighted by Crippen LogP contribution is 2.44. The maximum Gasteiger partial charge on any atom is 0.425 e. The van der Waals surface area contributed by atoms with Gasteiger partial charge in [-0.15, -0.1) is 62.6 Å². The maximum atomic E-state index is 12.4. The SMILES string of the molecule is Cc1ccc2c(c1)nc1c(C#N)c(C)c(N=Nc3cc(C)c(N=Nc4cc(C)c(N=Nc5nc6c(S(=O)(=O)O)cc7ccc(S(=O)(=O)O)cc7c6s5)cc4SCCCS(=O)(=O)O)cc3OCCCS(=O)(=O)O)c(O)n12.O=S(=O)=O.O=S(=O)=O. The van der Waals surface area contributed by atoms with E-state index in [-0.39, 0.29) is 108 Å². The first kappa shape index (κ1) is 64.5. The van der Waals surface area contributed by atoms with Crippen molar-refractivity contribution in [2.24, 2.45) is 30.7 Å². The standard InChI is InChI=1S/C45H40N10O14S6.2O3S/c1-23-7-10-36-33(15-23)47-43-30(22-46)26(4)40(44(56)55(36)43)53-51-34-16-24(2)31(20-37(34)69-11-5-13-72(57,58)59)49-52-35-17-25(3)32(21-38(35)70-12-6-14-73(60,61)62)50-54-45-48-41-39(75(66,67)68)18-27-8-9-28(74(63,64)65)19-29(27)42(41)71-45;2*1-4(2)3/h7-10,15-21,56H,5-6,11-14H2,1-4H3,(H,57,58,59)(H,60,61,62)(H,63,64,65)(H,66,67,68);;. The number of imidazole rings is 1. The molecule has 83 heavy (non-hydrogen) atoms. The topological polar surface area (TPSA) is 478 Å². The lowest BCUT2D eigenvalue weighted by molar-refractivity contribution is 0.317. The zero-order valence-corrected chi connectivity index (χ0v) is 49.2. The third-order valence-electron chi connectivity index (χ3n) is 11.2. The number of aromatic hydroxyl groups is 1. The smallest absolute Gasteiger partial charge is 0.425 e. The quantitative estimate of drug-likeness (QED) is 0.0232. The second-order valence-electron chi connectivity index (χ2n) is 17.1. The van der Waals surface area contributed by atoms with Crippen molar-refractivity contribution in [2.75, 3.05) is 23.9 Å². The number of rotatable bonds is 18. The molecule has 0 unspecified atom stereocenters. The van der Waals surface area contributed by atoms with Crippen LogP contribution in [0.15, 0.2) is 112 Å². The van der Waals surface area contributed by atoms with Crippen LogP contribution >= 0.6 is 23.1 Å². The van der Waals surface area contributed by atoms with Gasteiger partial charge in [0.2, 0.25) is 11.0 Å². The van der Waals surface area contributed by atoms with Crippen LogP contribution in [0.1, 0.15) is 40.7 Å². The van der Waals surface area contributed by atoms with Crippen LogP contribution in [0.25, 0.3) is 37.7 Å². The van der Waals surface area contributed by atoms with Crippen molar-refractivity contribution in [3.8, 4) is 17.7 Å². The number of hydrogen-bond acceptors (Lipinski definition) is 27. The molecule has 8 aromatic rings. The number of nitriles is 1. The summed E-state index contributed by atoms with van der Waals surface area (Å²) >= 11 is 1.96. The van der Waals surface area contributed by atoms with Crippen LogP contribution in [0, 0.1) is 39.0 Å². The molecule has 0 aliphatic heterocycles. The highest BCUT2D eigenvalue weighted by Gasteiger charge is 2.24. The van der Waals surface area contributed by atoms with Crippen molar-refractivity contribution >= 4 is 156 Å². The van der Waals surface area contributed by atoms with E-state index in [0.717, 1.165) is 46.9 Å². The Balaban J connectivity index is 0.00000130. The number of aryl methyl sites for hydroxylation is 3. The highest BCUT2D eigenvalue weighted by atomic mass is 32.2. The largest absolute Gasteiger partial charge is 0.493 e. The second-order valence-corrected chi connectivity index (χ2v) is 26.0. The fourth-order valence-corrected chi connectivity index (χ4v) is 11.9. The Morgan fingerprint density at radius 1 is 0.687 bits per heavy atom. The van der Waals surface area contributed by atoms with Crippen LogP contribution in [0.3, 0.4) is 0 Å². The van der Waals surface area contributed by atoms with Crippen molar-refractivity contribution in [3.05, 3.63) is 94.5 Å². The fraction of sp³-hybridized carbons (Fsp3) is 0.222. The molecule has 30 nitrogen and oxygen atoms in total. The number of benzene rings is 5. The fourth-order valence-electron chi connectivity index (χ4n) is 7.59. The van der Waals surface area contributed by atoms with E-state index >= 15 is 0 Å². The second kappa shape index (κ2) is 26.3. The van der Waals surface area contributed by atoms with Gasteiger partial charge in [-0.1, -0.05) is 23.5 Å². The predicted molar refractivity (Wildman–Crippen MR) is 298 cm³/mol. The molecule has 0 aliphatic rings. The number of aromatic nitrogens is 3. The molecule has 0 fully saturated rings. The number of pyridine rings is 1. The zero-order chi connectivity index (χ0) is 61.5. The minimum Gasteiger partial charge on any atom is -0.493 e. The van der Waals surface area contributed by atoms with Gasteiger partial charge in [-0.25, -0.2) is 9.97 Å². The molecule has 438 valence electrons. The lowest BCUT2D eigenvalue weighted by atomic mass is 10.1. The summed E-state index contributed by atoms with van der Waals surface area (Å²) in [4.78, 5) is 8.20. The van der Waals surface area contributed by atoms with E-state index in [0.29, 0.717) is 27.1 Å². The number of thioether (sulfide) groups is 1. The average Bonchev–Trinajstić information content (AvgIpc) is 3.25. The molecule has 0 aliphatic carbocycles. The molecule has 0 spiro atoms.